The number of halogens is 1. The van der Waals surface area contributed by atoms with E-state index >= 15 is 0 Å². The smallest absolute Gasteiger partial charge is 0.128 e. The van der Waals surface area contributed by atoms with Gasteiger partial charge in [-0.1, -0.05) is 0 Å². The minimum atomic E-state index is -0.663. The van der Waals surface area contributed by atoms with E-state index in [-0.39, 0.29) is 18.0 Å². The summed E-state index contributed by atoms with van der Waals surface area (Å²) in [5, 5.41) is 10.0. The summed E-state index contributed by atoms with van der Waals surface area (Å²) in [6.07, 6.45) is 1.75. The van der Waals surface area contributed by atoms with Gasteiger partial charge in [-0.25, -0.2) is 4.39 Å². The van der Waals surface area contributed by atoms with E-state index in [4.69, 9.17) is 9.47 Å². The molecule has 0 spiro atoms. The summed E-state index contributed by atoms with van der Waals surface area (Å²) in [7, 11) is 0. The van der Waals surface area contributed by atoms with Crippen LogP contribution in [-0.4, -0.2) is 23.9 Å². The van der Waals surface area contributed by atoms with Gasteiger partial charge in [0.15, 0.2) is 0 Å². The van der Waals surface area contributed by atoms with Crippen LogP contribution in [0.5, 0.6) is 5.75 Å². The van der Waals surface area contributed by atoms with Crippen molar-refractivity contribution < 1.29 is 19.0 Å². The van der Waals surface area contributed by atoms with Crippen molar-refractivity contribution in [2.24, 2.45) is 0 Å². The number of fused-ring (bicyclic) bond motifs is 1. The quantitative estimate of drug-likeness (QED) is 0.815. The first kappa shape index (κ1) is 11.0. The van der Waals surface area contributed by atoms with Gasteiger partial charge < -0.3 is 14.6 Å². The lowest BCUT2D eigenvalue weighted by atomic mass is 9.95. The van der Waals surface area contributed by atoms with Gasteiger partial charge in [0, 0.05) is 18.6 Å². The van der Waals surface area contributed by atoms with E-state index in [9.17, 15) is 9.50 Å². The first-order valence-electron chi connectivity index (χ1n) is 6.00. The molecule has 3 rings (SSSR count). The topological polar surface area (TPSA) is 38.7 Å². The number of benzene rings is 1. The molecule has 2 heterocycles. The average Bonchev–Trinajstić information content (AvgIpc) is 2.83. The van der Waals surface area contributed by atoms with E-state index < -0.39 is 6.10 Å². The number of aliphatic hydroxyl groups is 1. The van der Waals surface area contributed by atoms with E-state index in [0.717, 1.165) is 19.4 Å². The molecule has 0 aliphatic carbocycles. The second-order valence-corrected chi connectivity index (χ2v) is 4.64. The molecule has 0 amide bonds. The van der Waals surface area contributed by atoms with Crippen molar-refractivity contribution >= 4 is 0 Å². The third-order valence-electron chi connectivity index (χ3n) is 3.44. The van der Waals surface area contributed by atoms with E-state index in [1.54, 1.807) is 6.07 Å². The van der Waals surface area contributed by atoms with Crippen molar-refractivity contribution in [2.45, 2.75) is 37.6 Å². The number of hydrogen-bond acceptors (Lipinski definition) is 3. The Kier molecular flexibility index (Phi) is 2.76. The van der Waals surface area contributed by atoms with Gasteiger partial charge in [-0.05, 0) is 31.0 Å². The highest BCUT2D eigenvalue weighted by Gasteiger charge is 2.34. The van der Waals surface area contributed by atoms with Gasteiger partial charge in [0.2, 0.25) is 0 Å². The molecule has 1 aromatic rings. The summed E-state index contributed by atoms with van der Waals surface area (Å²) in [5.74, 6) is 0.229. The molecule has 1 saturated heterocycles. The Morgan fingerprint density at radius 2 is 2.18 bits per heavy atom. The molecule has 1 aromatic carbocycles. The van der Waals surface area contributed by atoms with E-state index in [0.29, 0.717) is 17.7 Å². The molecule has 2 unspecified atom stereocenters. The first-order valence-corrected chi connectivity index (χ1v) is 6.00. The molecule has 0 radical (unpaired) electrons. The summed E-state index contributed by atoms with van der Waals surface area (Å²) in [6, 6.07) is 4.27. The van der Waals surface area contributed by atoms with Crippen molar-refractivity contribution in [3.05, 3.63) is 29.6 Å². The van der Waals surface area contributed by atoms with Gasteiger partial charge in [-0.3, -0.25) is 0 Å². The van der Waals surface area contributed by atoms with E-state index in [1.165, 1.54) is 12.1 Å². The number of hydrogen-bond donors (Lipinski definition) is 1. The zero-order chi connectivity index (χ0) is 11.8. The molecular weight excluding hydrogens is 223 g/mol. The normalized spacial score (nSPS) is 32.0. The number of aliphatic hydroxyl groups excluding tert-OH is 1. The molecule has 4 heteroatoms. The lowest BCUT2D eigenvalue weighted by molar-refractivity contribution is -0.0272. The summed E-state index contributed by atoms with van der Waals surface area (Å²) in [6.45, 7) is 0.761. The summed E-state index contributed by atoms with van der Waals surface area (Å²) >= 11 is 0. The maximum Gasteiger partial charge on any atom is 0.128 e. The Morgan fingerprint density at radius 3 is 2.94 bits per heavy atom. The van der Waals surface area contributed by atoms with Crippen LogP contribution in [0.3, 0.4) is 0 Å². The molecule has 17 heavy (non-hydrogen) atoms. The monoisotopic (exact) mass is 238 g/mol. The molecule has 2 aliphatic heterocycles. The maximum atomic E-state index is 13.1. The lowest BCUT2D eigenvalue weighted by Gasteiger charge is -2.32. The minimum absolute atomic E-state index is 0.0582. The molecule has 92 valence electrons. The predicted octanol–water partition coefficient (Wildman–Crippen LogP) is 2.19. The Labute approximate surface area is 99.2 Å². The van der Waals surface area contributed by atoms with Gasteiger partial charge in [0.1, 0.15) is 17.7 Å². The average molecular weight is 238 g/mol. The second-order valence-electron chi connectivity index (χ2n) is 4.64. The van der Waals surface area contributed by atoms with E-state index in [1.807, 2.05) is 0 Å². The van der Waals surface area contributed by atoms with Gasteiger partial charge in [-0.2, -0.15) is 0 Å². The van der Waals surface area contributed by atoms with Crippen molar-refractivity contribution in [1.82, 2.24) is 0 Å². The number of ether oxygens (including phenoxy) is 2. The van der Waals surface area contributed by atoms with Crippen molar-refractivity contribution in [3.63, 3.8) is 0 Å². The van der Waals surface area contributed by atoms with Crippen molar-refractivity contribution in [1.29, 1.82) is 0 Å². The molecule has 0 bridgehead atoms. The van der Waals surface area contributed by atoms with Crippen LogP contribution in [0.4, 0.5) is 4.39 Å². The zero-order valence-corrected chi connectivity index (χ0v) is 9.43. The molecule has 3 nitrogen and oxygen atoms in total. The Bertz CT molecular complexity index is 415. The van der Waals surface area contributed by atoms with Crippen LogP contribution >= 0.6 is 0 Å². The molecule has 0 saturated carbocycles. The zero-order valence-electron chi connectivity index (χ0n) is 9.43. The molecule has 0 aromatic heterocycles. The third-order valence-corrected chi connectivity index (χ3v) is 3.44. The largest absolute Gasteiger partial charge is 0.487 e. The fourth-order valence-corrected chi connectivity index (χ4v) is 2.57. The maximum absolute atomic E-state index is 13.1. The van der Waals surface area contributed by atoms with Crippen LogP contribution in [0.2, 0.25) is 0 Å². The molecule has 3 atom stereocenters. The van der Waals surface area contributed by atoms with Gasteiger partial charge in [-0.15, -0.1) is 0 Å². The first-order chi connectivity index (χ1) is 8.24. The van der Waals surface area contributed by atoms with Gasteiger partial charge in [0.25, 0.3) is 0 Å². The van der Waals surface area contributed by atoms with Crippen LogP contribution in [-0.2, 0) is 4.74 Å². The highest BCUT2D eigenvalue weighted by molar-refractivity contribution is 5.37. The number of rotatable bonds is 1. The lowest BCUT2D eigenvalue weighted by Crippen LogP contribution is -2.36. The molecule has 1 fully saturated rings. The van der Waals surface area contributed by atoms with Gasteiger partial charge >= 0.3 is 0 Å². The van der Waals surface area contributed by atoms with Crippen LogP contribution in [0.15, 0.2) is 18.2 Å². The standard InChI is InChI=1S/C13H15FO3/c14-8-3-4-11-9(6-8)10(15)7-13(17-11)12-2-1-5-16-12/h3-4,6,10,12-13,15H,1-2,5,7H2/t10-,12?,13?/m1/s1. The Balaban J connectivity index is 1.84. The van der Waals surface area contributed by atoms with Gasteiger partial charge in [0.05, 0.1) is 12.2 Å². The van der Waals surface area contributed by atoms with Crippen LogP contribution < -0.4 is 4.74 Å². The summed E-state index contributed by atoms with van der Waals surface area (Å²) in [4.78, 5) is 0. The van der Waals surface area contributed by atoms with Crippen LogP contribution in [0.25, 0.3) is 0 Å². The summed E-state index contributed by atoms with van der Waals surface area (Å²) in [5.41, 5.74) is 0.541. The fourth-order valence-electron chi connectivity index (χ4n) is 2.57. The Hall–Kier alpha value is -1.13. The SMILES string of the molecule is O[C@@H]1CC(C2CCCO2)Oc2ccc(F)cc21. The predicted molar refractivity (Wildman–Crippen MR) is 59.4 cm³/mol. The van der Waals surface area contributed by atoms with E-state index in [2.05, 4.69) is 0 Å². The third kappa shape index (κ3) is 2.03. The Morgan fingerprint density at radius 1 is 1.29 bits per heavy atom. The second kappa shape index (κ2) is 4.27. The van der Waals surface area contributed by atoms with Crippen molar-refractivity contribution in [3.8, 4) is 5.75 Å². The summed E-state index contributed by atoms with van der Waals surface area (Å²) < 4.78 is 24.4. The highest BCUT2D eigenvalue weighted by atomic mass is 19.1. The van der Waals surface area contributed by atoms with Crippen LogP contribution in [0, 0.1) is 5.82 Å². The minimum Gasteiger partial charge on any atom is -0.487 e. The highest BCUT2D eigenvalue weighted by Crippen LogP contribution is 2.37. The fraction of sp³-hybridized carbons (Fsp3) is 0.538. The van der Waals surface area contributed by atoms with Crippen molar-refractivity contribution in [2.75, 3.05) is 6.61 Å². The molecule has 2 aliphatic rings. The molecule has 1 N–H and O–H groups in total. The van der Waals surface area contributed by atoms with Crippen LogP contribution in [0.1, 0.15) is 30.9 Å². The molecular formula is C13H15FO3.